The van der Waals surface area contributed by atoms with Crippen molar-refractivity contribution in [2.45, 2.75) is 57.9 Å². The van der Waals surface area contributed by atoms with Gasteiger partial charge in [0.1, 0.15) is 17.5 Å². The van der Waals surface area contributed by atoms with E-state index in [1.807, 2.05) is 6.92 Å². The van der Waals surface area contributed by atoms with Gasteiger partial charge in [-0.1, -0.05) is 24.4 Å². The summed E-state index contributed by atoms with van der Waals surface area (Å²) in [5.41, 5.74) is 1.35. The molecule has 162 valence electrons. The van der Waals surface area contributed by atoms with Gasteiger partial charge in [0.2, 0.25) is 5.91 Å². The Bertz CT molecular complexity index is 877. The molecule has 1 saturated carbocycles. The third kappa shape index (κ3) is 3.77. The van der Waals surface area contributed by atoms with Gasteiger partial charge in [-0.3, -0.25) is 9.69 Å². The Morgan fingerprint density at radius 1 is 0.967 bits per heavy atom. The largest absolute Gasteiger partial charge is 0.356 e. The van der Waals surface area contributed by atoms with Crippen molar-refractivity contribution >= 4 is 22.8 Å². The third-order valence-corrected chi connectivity index (χ3v) is 7.28. The predicted octanol–water partition coefficient (Wildman–Crippen LogP) is 2.62. The monoisotopic (exact) mass is 412 g/mol. The van der Waals surface area contributed by atoms with Crippen molar-refractivity contribution in [2.24, 2.45) is 5.92 Å². The lowest BCUT2D eigenvalue weighted by molar-refractivity contribution is -0.138. The first kappa shape index (κ1) is 19.7. The lowest BCUT2D eigenvalue weighted by atomic mass is 9.93. The summed E-state index contributed by atoms with van der Waals surface area (Å²) < 4.78 is 5.28. The molecule has 0 aromatic carbocycles. The van der Waals surface area contributed by atoms with E-state index >= 15 is 0 Å². The lowest BCUT2D eigenvalue weighted by Crippen LogP contribution is -2.54. The summed E-state index contributed by atoms with van der Waals surface area (Å²) >= 11 is 0. The van der Waals surface area contributed by atoms with Crippen LogP contribution in [0.2, 0.25) is 0 Å². The molecule has 0 radical (unpaired) electrons. The number of nitrogens with zero attached hydrogens (tertiary/aromatic N) is 6. The summed E-state index contributed by atoms with van der Waals surface area (Å²) in [7, 11) is 0. The van der Waals surface area contributed by atoms with Crippen LogP contribution in [0, 0.1) is 12.8 Å². The Morgan fingerprint density at radius 3 is 2.43 bits per heavy atom. The standard InChI is InChI=1S/C22H32N6O2/c1-16-19-20(23-15-24-21(19)30-25-16)27-9-7-17(8-10-27)22(29)28-13-11-26(12-14-28)18-5-3-2-4-6-18/h15,17-18H,2-14H2,1H3. The summed E-state index contributed by atoms with van der Waals surface area (Å²) in [6, 6.07) is 0.754. The average Bonchev–Trinajstić information content (AvgIpc) is 3.20. The normalized spacial score (nSPS) is 22.7. The zero-order chi connectivity index (χ0) is 20.5. The Kier molecular flexibility index (Phi) is 5.58. The minimum atomic E-state index is 0.128. The molecule has 1 aliphatic carbocycles. The highest BCUT2D eigenvalue weighted by Crippen LogP contribution is 2.30. The molecule has 2 aromatic rings. The maximum Gasteiger partial charge on any atom is 0.263 e. The second kappa shape index (κ2) is 8.49. The zero-order valence-electron chi connectivity index (χ0n) is 17.9. The molecule has 8 heteroatoms. The van der Waals surface area contributed by atoms with E-state index in [4.69, 9.17) is 4.52 Å². The average molecular weight is 413 g/mol. The number of aromatic nitrogens is 3. The van der Waals surface area contributed by atoms with Crippen LogP contribution in [0.5, 0.6) is 0 Å². The molecule has 3 aliphatic rings. The van der Waals surface area contributed by atoms with Crippen molar-refractivity contribution in [2.75, 3.05) is 44.2 Å². The number of carbonyl (C=O) groups is 1. The fraction of sp³-hybridized carbons (Fsp3) is 0.727. The Hall–Kier alpha value is -2.22. The number of anilines is 1. The summed E-state index contributed by atoms with van der Waals surface area (Å²) in [6.07, 6.45) is 10.1. The number of piperazine rings is 1. The van der Waals surface area contributed by atoms with Gasteiger partial charge in [0, 0.05) is 51.2 Å². The molecule has 3 fully saturated rings. The number of rotatable bonds is 3. The van der Waals surface area contributed by atoms with Crippen molar-refractivity contribution in [3.05, 3.63) is 12.0 Å². The lowest BCUT2D eigenvalue weighted by Gasteiger charge is -2.42. The molecule has 30 heavy (non-hydrogen) atoms. The van der Waals surface area contributed by atoms with Crippen LogP contribution in [-0.4, -0.2) is 76.1 Å². The molecule has 2 saturated heterocycles. The highest BCUT2D eigenvalue weighted by atomic mass is 16.5. The maximum absolute atomic E-state index is 13.1. The first-order chi connectivity index (χ1) is 14.7. The number of hydrogen-bond acceptors (Lipinski definition) is 7. The SMILES string of the molecule is Cc1noc2ncnc(N3CCC(C(=O)N4CCN(C5CCCCC5)CC4)CC3)c12. The van der Waals surface area contributed by atoms with Gasteiger partial charge in [-0.2, -0.15) is 4.98 Å². The van der Waals surface area contributed by atoms with Gasteiger partial charge in [0.15, 0.2) is 0 Å². The second-order valence-electron chi connectivity index (χ2n) is 9.06. The van der Waals surface area contributed by atoms with E-state index in [2.05, 4.69) is 29.8 Å². The maximum atomic E-state index is 13.1. The van der Waals surface area contributed by atoms with Gasteiger partial charge in [-0.25, -0.2) is 4.98 Å². The van der Waals surface area contributed by atoms with Crippen LogP contribution in [0.1, 0.15) is 50.6 Å². The summed E-state index contributed by atoms with van der Waals surface area (Å²) in [4.78, 5) is 28.8. The minimum absolute atomic E-state index is 0.128. The number of carbonyl (C=O) groups excluding carboxylic acids is 1. The molecule has 8 nitrogen and oxygen atoms in total. The van der Waals surface area contributed by atoms with Crippen LogP contribution < -0.4 is 4.90 Å². The topological polar surface area (TPSA) is 78.6 Å². The van der Waals surface area contributed by atoms with Crippen molar-refractivity contribution in [1.82, 2.24) is 24.9 Å². The number of hydrogen-bond donors (Lipinski definition) is 0. The van der Waals surface area contributed by atoms with Crippen molar-refractivity contribution < 1.29 is 9.32 Å². The van der Waals surface area contributed by atoms with Crippen LogP contribution in [0.15, 0.2) is 10.9 Å². The van der Waals surface area contributed by atoms with Gasteiger partial charge < -0.3 is 14.3 Å². The molecule has 0 N–H and O–H groups in total. The molecule has 0 spiro atoms. The number of aryl methyl sites for hydroxylation is 1. The molecule has 1 amide bonds. The molecule has 5 rings (SSSR count). The number of piperidine rings is 1. The molecule has 0 unspecified atom stereocenters. The Balaban J connectivity index is 1.16. The van der Waals surface area contributed by atoms with Gasteiger partial charge in [0.25, 0.3) is 5.71 Å². The van der Waals surface area contributed by atoms with Crippen LogP contribution in [0.25, 0.3) is 11.1 Å². The van der Waals surface area contributed by atoms with Gasteiger partial charge >= 0.3 is 0 Å². The third-order valence-electron chi connectivity index (χ3n) is 7.28. The highest BCUT2D eigenvalue weighted by molar-refractivity contribution is 5.88. The van der Waals surface area contributed by atoms with Crippen LogP contribution >= 0.6 is 0 Å². The molecule has 0 atom stereocenters. The number of amides is 1. The first-order valence-electron chi connectivity index (χ1n) is 11.6. The minimum Gasteiger partial charge on any atom is -0.356 e. The first-order valence-corrected chi connectivity index (χ1v) is 11.6. The van der Waals surface area contributed by atoms with Gasteiger partial charge in [0.05, 0.1) is 5.69 Å². The van der Waals surface area contributed by atoms with E-state index in [1.54, 1.807) is 0 Å². The van der Waals surface area contributed by atoms with E-state index in [-0.39, 0.29) is 5.92 Å². The van der Waals surface area contributed by atoms with Gasteiger partial charge in [-0.15, -0.1) is 0 Å². The predicted molar refractivity (Wildman–Crippen MR) is 114 cm³/mol. The summed E-state index contributed by atoms with van der Waals surface area (Å²) in [5.74, 6) is 1.36. The fourth-order valence-electron chi connectivity index (χ4n) is 5.49. The van der Waals surface area contributed by atoms with Gasteiger partial charge in [-0.05, 0) is 32.6 Å². The van der Waals surface area contributed by atoms with Crippen molar-refractivity contribution in [3.8, 4) is 0 Å². The molecule has 2 aliphatic heterocycles. The van der Waals surface area contributed by atoms with Crippen LogP contribution in [-0.2, 0) is 4.79 Å². The van der Waals surface area contributed by atoms with E-state index in [1.165, 1.54) is 38.4 Å². The quantitative estimate of drug-likeness (QED) is 0.767. The fourth-order valence-corrected chi connectivity index (χ4v) is 5.49. The van der Waals surface area contributed by atoms with E-state index < -0.39 is 0 Å². The number of fused-ring (bicyclic) bond motifs is 1. The molecule has 4 heterocycles. The molecule has 0 bridgehead atoms. The molecular formula is C22H32N6O2. The van der Waals surface area contributed by atoms with Crippen molar-refractivity contribution in [1.29, 1.82) is 0 Å². The summed E-state index contributed by atoms with van der Waals surface area (Å²) in [5, 5.41) is 4.92. The summed E-state index contributed by atoms with van der Waals surface area (Å²) in [6.45, 7) is 7.44. The van der Waals surface area contributed by atoms with Crippen molar-refractivity contribution in [3.63, 3.8) is 0 Å². The Labute approximate surface area is 177 Å². The molecule has 2 aromatic heterocycles. The van der Waals surface area contributed by atoms with E-state index in [0.717, 1.165) is 75.1 Å². The zero-order valence-corrected chi connectivity index (χ0v) is 17.9. The Morgan fingerprint density at radius 2 is 1.70 bits per heavy atom. The highest BCUT2D eigenvalue weighted by Gasteiger charge is 2.33. The van der Waals surface area contributed by atoms with Crippen LogP contribution in [0.4, 0.5) is 5.82 Å². The van der Waals surface area contributed by atoms with Crippen LogP contribution in [0.3, 0.4) is 0 Å². The second-order valence-corrected chi connectivity index (χ2v) is 9.06. The van der Waals surface area contributed by atoms with E-state index in [9.17, 15) is 4.79 Å². The van der Waals surface area contributed by atoms with E-state index in [0.29, 0.717) is 11.6 Å². The molecular weight excluding hydrogens is 380 g/mol. The smallest absolute Gasteiger partial charge is 0.263 e.